The van der Waals surface area contributed by atoms with E-state index in [1.165, 1.54) is 55.6 Å². The van der Waals surface area contributed by atoms with Gasteiger partial charge in [-0.1, -0.05) is 0 Å². The lowest BCUT2D eigenvalue weighted by Crippen LogP contribution is -2.29. The number of nitrogens with zero attached hydrogens (tertiary/aromatic N) is 2. The van der Waals surface area contributed by atoms with Crippen molar-refractivity contribution in [1.29, 1.82) is 0 Å². The van der Waals surface area contributed by atoms with Gasteiger partial charge in [0.15, 0.2) is 15.7 Å². The first-order chi connectivity index (χ1) is 16.4. The van der Waals surface area contributed by atoms with E-state index >= 15 is 0 Å². The van der Waals surface area contributed by atoms with Gasteiger partial charge in [-0.25, -0.2) is 13.1 Å². The van der Waals surface area contributed by atoms with E-state index in [0.29, 0.717) is 17.9 Å². The van der Waals surface area contributed by atoms with Gasteiger partial charge in [-0.2, -0.15) is 0 Å². The summed E-state index contributed by atoms with van der Waals surface area (Å²) in [6.07, 6.45) is 2.90. The predicted octanol–water partition coefficient (Wildman–Crippen LogP) is 3.53. The molecule has 3 rings (SSSR count). The van der Waals surface area contributed by atoms with Crippen molar-refractivity contribution in [2.45, 2.75) is 37.7 Å². The smallest absolute Gasteiger partial charge is 0.257 e. The van der Waals surface area contributed by atoms with Crippen molar-refractivity contribution in [3.05, 3.63) is 60.3 Å². The highest BCUT2D eigenvalue weighted by Crippen LogP contribution is 2.31. The van der Waals surface area contributed by atoms with Gasteiger partial charge in [-0.3, -0.25) is 9.59 Å². The number of hydrogen-bond donors (Lipinski definition) is 2. The maximum atomic E-state index is 12.9. The Kier molecular flexibility index (Phi) is 7.61. The maximum absolute atomic E-state index is 12.9. The summed E-state index contributed by atoms with van der Waals surface area (Å²) in [4.78, 5) is 24.5. The van der Waals surface area contributed by atoms with Crippen LogP contribution in [0, 0.1) is 0 Å². The summed E-state index contributed by atoms with van der Waals surface area (Å²) in [7, 11) is -3.35. The van der Waals surface area contributed by atoms with E-state index in [1.54, 1.807) is 19.9 Å². The third-order valence-corrected chi connectivity index (χ3v) is 6.02. The Balaban J connectivity index is 1.91. The number of rotatable bonds is 9. The van der Waals surface area contributed by atoms with Crippen LogP contribution in [0.25, 0.3) is 0 Å². The van der Waals surface area contributed by atoms with Crippen molar-refractivity contribution < 1.29 is 32.6 Å². The largest absolute Gasteiger partial charge is 0.488 e. The summed E-state index contributed by atoms with van der Waals surface area (Å²) in [5, 5.41) is 15.9. The molecule has 0 aliphatic rings. The first-order valence-electron chi connectivity index (χ1n) is 10.7. The monoisotopic (exact) mass is 501 g/mol. The zero-order chi connectivity index (χ0) is 25.8. The van der Waals surface area contributed by atoms with E-state index in [9.17, 15) is 23.1 Å². The molecular formula is C24H27N3O7S. The van der Waals surface area contributed by atoms with Crippen LogP contribution in [0.5, 0.6) is 17.2 Å². The molecular weight excluding hydrogens is 474 g/mol. The molecule has 1 amide bonds. The number of carbonyl (C=O) groups excluding carboxylic acids is 2. The molecule has 186 valence electrons. The molecule has 0 saturated heterocycles. The number of amides is 1. The van der Waals surface area contributed by atoms with Gasteiger partial charge in [0.2, 0.25) is 5.91 Å². The number of sulfone groups is 1. The van der Waals surface area contributed by atoms with Crippen LogP contribution in [0.3, 0.4) is 0 Å². The highest BCUT2D eigenvalue weighted by molar-refractivity contribution is 7.90. The molecule has 0 spiro atoms. The summed E-state index contributed by atoms with van der Waals surface area (Å²) in [6, 6.07) is 12.0. The maximum Gasteiger partial charge on any atom is 0.257 e. The lowest BCUT2D eigenvalue weighted by atomic mass is 10.1. The van der Waals surface area contributed by atoms with Crippen LogP contribution in [0.1, 0.15) is 42.3 Å². The molecule has 35 heavy (non-hydrogen) atoms. The van der Waals surface area contributed by atoms with E-state index < -0.39 is 21.3 Å². The molecule has 0 saturated carbocycles. The highest BCUT2D eigenvalue weighted by atomic mass is 32.2. The summed E-state index contributed by atoms with van der Waals surface area (Å²) in [6.45, 7) is 4.87. The number of aliphatic hydroxyl groups excluding tert-OH is 1. The zero-order valence-corrected chi connectivity index (χ0v) is 20.6. The van der Waals surface area contributed by atoms with Crippen LogP contribution >= 0.6 is 0 Å². The number of anilines is 1. The number of ether oxygens (including phenoxy) is 2. The Morgan fingerprint density at radius 1 is 1.06 bits per heavy atom. The molecule has 0 fully saturated rings. The number of aliphatic hydroxyl groups is 1. The van der Waals surface area contributed by atoms with E-state index in [1.807, 2.05) is 0 Å². The van der Waals surface area contributed by atoms with Gasteiger partial charge >= 0.3 is 0 Å². The molecule has 0 bridgehead atoms. The minimum Gasteiger partial charge on any atom is -0.488 e. The number of carbonyl (C=O) groups is 2. The molecule has 11 heteroatoms. The molecule has 0 aliphatic carbocycles. The Hall–Kier alpha value is -3.70. The number of hydrogen-bond acceptors (Lipinski definition) is 8. The molecule has 2 N–H and O–H groups in total. The fourth-order valence-corrected chi connectivity index (χ4v) is 3.74. The molecule has 3 aromatic rings. The first-order valence-corrected chi connectivity index (χ1v) is 12.6. The zero-order valence-electron chi connectivity index (χ0n) is 19.8. The van der Waals surface area contributed by atoms with Crippen molar-refractivity contribution >= 4 is 27.5 Å². The van der Waals surface area contributed by atoms with Gasteiger partial charge in [-0.05, 0) is 50.2 Å². The van der Waals surface area contributed by atoms with Crippen molar-refractivity contribution in [2.24, 2.45) is 0 Å². The standard InChI is InChI=1S/C24H27N3O7S/c1-16(29)27-11-9-22(26-27)25-23(30)17-13-19(15-20(14-17)34-24(2,3)10-12-28)33-18-5-7-21(8-6-18)35(4,31)32/h5-9,11,13-15,28H,10,12H2,1-4H3,(H,25,26,30). The molecule has 1 heterocycles. The first kappa shape index (κ1) is 25.9. The number of benzene rings is 2. The molecule has 1 aromatic heterocycles. The van der Waals surface area contributed by atoms with E-state index in [-0.39, 0.29) is 34.5 Å². The molecule has 10 nitrogen and oxygen atoms in total. The van der Waals surface area contributed by atoms with Crippen LogP contribution in [0.15, 0.2) is 59.6 Å². The molecule has 0 unspecified atom stereocenters. The Labute approximate surface area is 203 Å². The summed E-state index contributed by atoms with van der Waals surface area (Å²) >= 11 is 0. The van der Waals surface area contributed by atoms with Crippen LogP contribution in [-0.2, 0) is 9.84 Å². The van der Waals surface area contributed by atoms with Crippen molar-refractivity contribution in [3.8, 4) is 17.2 Å². The minimum atomic E-state index is -3.35. The van der Waals surface area contributed by atoms with Crippen molar-refractivity contribution in [2.75, 3.05) is 18.2 Å². The third kappa shape index (κ3) is 7.14. The van der Waals surface area contributed by atoms with Crippen LogP contribution < -0.4 is 14.8 Å². The summed E-state index contributed by atoms with van der Waals surface area (Å²) in [5.74, 6) is 0.333. The lowest BCUT2D eigenvalue weighted by molar-refractivity contribution is 0.0759. The third-order valence-electron chi connectivity index (χ3n) is 4.89. The molecule has 0 radical (unpaired) electrons. The SMILES string of the molecule is CC(=O)n1ccc(NC(=O)c2cc(Oc3ccc(S(C)(=O)=O)cc3)cc(OC(C)(C)CCO)c2)n1. The second-order valence-corrected chi connectivity index (χ2v) is 10.5. The molecule has 0 atom stereocenters. The Morgan fingerprint density at radius 3 is 2.29 bits per heavy atom. The molecule has 0 aliphatic heterocycles. The average molecular weight is 502 g/mol. The summed E-state index contributed by atoms with van der Waals surface area (Å²) in [5.41, 5.74) is -0.527. The average Bonchev–Trinajstić information content (AvgIpc) is 3.21. The van der Waals surface area contributed by atoms with Gasteiger partial charge in [-0.15, -0.1) is 5.10 Å². The number of nitrogens with one attached hydrogen (secondary N) is 1. The van der Waals surface area contributed by atoms with Gasteiger partial charge in [0.25, 0.3) is 5.91 Å². The Bertz CT molecular complexity index is 1330. The lowest BCUT2D eigenvalue weighted by Gasteiger charge is -2.26. The second kappa shape index (κ2) is 10.3. The van der Waals surface area contributed by atoms with Gasteiger partial charge in [0, 0.05) is 50.1 Å². The van der Waals surface area contributed by atoms with Crippen LogP contribution in [-0.4, -0.2) is 53.6 Å². The Morgan fingerprint density at radius 2 is 1.71 bits per heavy atom. The second-order valence-electron chi connectivity index (χ2n) is 8.49. The van der Waals surface area contributed by atoms with E-state index in [2.05, 4.69) is 10.4 Å². The van der Waals surface area contributed by atoms with Gasteiger partial charge < -0.3 is 19.9 Å². The van der Waals surface area contributed by atoms with Crippen molar-refractivity contribution in [1.82, 2.24) is 9.78 Å². The normalized spacial score (nSPS) is 11.7. The number of aromatic nitrogens is 2. The van der Waals surface area contributed by atoms with Crippen molar-refractivity contribution in [3.63, 3.8) is 0 Å². The molecule has 2 aromatic carbocycles. The fourth-order valence-electron chi connectivity index (χ4n) is 3.11. The summed E-state index contributed by atoms with van der Waals surface area (Å²) < 4.78 is 36.4. The van der Waals surface area contributed by atoms with E-state index in [0.717, 1.165) is 10.9 Å². The van der Waals surface area contributed by atoms with Crippen LogP contribution in [0.2, 0.25) is 0 Å². The topological polar surface area (TPSA) is 137 Å². The quantitative estimate of drug-likeness (QED) is 0.454. The predicted molar refractivity (Wildman–Crippen MR) is 129 cm³/mol. The minimum absolute atomic E-state index is 0.0813. The van der Waals surface area contributed by atoms with E-state index in [4.69, 9.17) is 9.47 Å². The van der Waals surface area contributed by atoms with Gasteiger partial charge in [0.05, 0.1) is 4.90 Å². The van der Waals surface area contributed by atoms with Gasteiger partial charge in [0.1, 0.15) is 22.8 Å². The van der Waals surface area contributed by atoms with Crippen LogP contribution in [0.4, 0.5) is 5.82 Å². The fraction of sp³-hybridized carbons (Fsp3) is 0.292. The highest BCUT2D eigenvalue weighted by Gasteiger charge is 2.21.